The topological polar surface area (TPSA) is 72.7 Å². The number of amides is 1. The molecule has 0 unspecified atom stereocenters. The quantitative estimate of drug-likeness (QED) is 0.741. The van der Waals surface area contributed by atoms with Crippen LogP contribution >= 0.6 is 22.9 Å². The Morgan fingerprint density at radius 3 is 2.72 bits per heavy atom. The number of halogens is 2. The third kappa shape index (κ3) is 4.49. The molecule has 1 N–H and O–H groups in total. The summed E-state index contributed by atoms with van der Waals surface area (Å²) in [6.45, 7) is 0.271. The summed E-state index contributed by atoms with van der Waals surface area (Å²) >= 11 is 7.31. The first kappa shape index (κ1) is 17.2. The molecule has 0 radical (unpaired) electrons. The van der Waals surface area contributed by atoms with Crippen molar-refractivity contribution in [2.24, 2.45) is 7.05 Å². The van der Waals surface area contributed by atoms with Crippen LogP contribution in [0, 0.1) is 5.82 Å². The van der Waals surface area contributed by atoms with Gasteiger partial charge in [-0.2, -0.15) is 5.10 Å². The van der Waals surface area contributed by atoms with Gasteiger partial charge >= 0.3 is 0 Å². The molecule has 3 rings (SSSR count). The number of rotatable bonds is 5. The van der Waals surface area contributed by atoms with Crippen LogP contribution in [0.1, 0.15) is 25.9 Å². The average molecular weight is 378 g/mol. The number of aromatic nitrogens is 4. The summed E-state index contributed by atoms with van der Waals surface area (Å²) in [6.07, 6.45) is 5.18. The molecule has 0 saturated heterocycles. The molecule has 1 aromatic carbocycles. The summed E-state index contributed by atoms with van der Waals surface area (Å²) in [4.78, 5) is 12.1. The van der Waals surface area contributed by atoms with E-state index in [9.17, 15) is 9.18 Å². The molecule has 6 nitrogen and oxygen atoms in total. The number of nitrogens with one attached hydrogen (secondary N) is 1. The summed E-state index contributed by atoms with van der Waals surface area (Å²) < 4.78 is 14.5. The third-order valence-electron chi connectivity index (χ3n) is 3.21. The number of hydrogen-bond acceptors (Lipinski definition) is 5. The number of benzene rings is 1. The zero-order chi connectivity index (χ0) is 17.8. The largest absolute Gasteiger partial charge is 0.346 e. The summed E-state index contributed by atoms with van der Waals surface area (Å²) in [5, 5.41) is 15.6. The van der Waals surface area contributed by atoms with Crippen LogP contribution in [0.2, 0.25) is 0 Å². The minimum atomic E-state index is -0.362. The van der Waals surface area contributed by atoms with Crippen molar-refractivity contribution in [3.63, 3.8) is 0 Å². The van der Waals surface area contributed by atoms with E-state index in [2.05, 4.69) is 20.6 Å². The van der Waals surface area contributed by atoms with E-state index in [0.29, 0.717) is 10.0 Å². The lowest BCUT2D eigenvalue weighted by molar-refractivity contribution is 0.0950. The van der Waals surface area contributed by atoms with Gasteiger partial charge in [0.2, 0.25) is 5.01 Å². The molecule has 0 aliphatic heterocycles. The minimum absolute atomic E-state index is 0.204. The number of nitrogens with zero attached hydrogens (tertiary/aromatic N) is 4. The fourth-order valence-corrected chi connectivity index (χ4v) is 2.94. The zero-order valence-corrected chi connectivity index (χ0v) is 14.7. The molecule has 128 valence electrons. The van der Waals surface area contributed by atoms with Gasteiger partial charge in [-0.1, -0.05) is 35.1 Å². The summed E-state index contributed by atoms with van der Waals surface area (Å²) in [5.41, 5.74) is 1.61. The van der Waals surface area contributed by atoms with Gasteiger partial charge in [-0.3, -0.25) is 9.48 Å². The Hall–Kier alpha value is -2.58. The molecule has 25 heavy (non-hydrogen) atoms. The summed E-state index contributed by atoms with van der Waals surface area (Å²) in [5.74, 6) is -0.683. The fourth-order valence-electron chi connectivity index (χ4n) is 1.99. The Balaban J connectivity index is 1.64. The minimum Gasteiger partial charge on any atom is -0.346 e. The van der Waals surface area contributed by atoms with Crippen LogP contribution < -0.4 is 5.32 Å². The van der Waals surface area contributed by atoms with Gasteiger partial charge in [0.1, 0.15) is 5.82 Å². The second-order valence-electron chi connectivity index (χ2n) is 5.16. The highest BCUT2D eigenvalue weighted by atomic mass is 35.5. The van der Waals surface area contributed by atoms with Gasteiger partial charge in [-0.25, -0.2) is 4.39 Å². The highest BCUT2D eigenvalue weighted by Gasteiger charge is 2.14. The second-order valence-corrected chi connectivity index (χ2v) is 6.55. The van der Waals surface area contributed by atoms with E-state index in [1.807, 2.05) is 0 Å². The van der Waals surface area contributed by atoms with Crippen molar-refractivity contribution in [3.8, 4) is 0 Å². The van der Waals surface area contributed by atoms with Crippen LogP contribution in [0.25, 0.3) is 11.1 Å². The maximum Gasteiger partial charge on any atom is 0.282 e. The molecular formula is C16H13ClFN5OS. The van der Waals surface area contributed by atoms with Crippen LogP contribution in [-0.4, -0.2) is 25.9 Å². The number of hydrogen-bond donors (Lipinski definition) is 1. The van der Waals surface area contributed by atoms with Crippen LogP contribution in [0.5, 0.6) is 0 Å². The predicted octanol–water partition coefficient (Wildman–Crippen LogP) is 3.08. The molecule has 0 aliphatic rings. The average Bonchev–Trinajstić information content (AvgIpc) is 3.23. The van der Waals surface area contributed by atoms with Crippen LogP contribution in [0.3, 0.4) is 0 Å². The molecule has 0 aliphatic carbocycles. The van der Waals surface area contributed by atoms with Gasteiger partial charge < -0.3 is 5.32 Å². The van der Waals surface area contributed by atoms with Crippen molar-refractivity contribution >= 4 is 40.0 Å². The van der Waals surface area contributed by atoms with E-state index in [4.69, 9.17) is 11.6 Å². The molecular weight excluding hydrogens is 365 g/mol. The lowest BCUT2D eigenvalue weighted by atomic mass is 10.2. The van der Waals surface area contributed by atoms with Crippen LogP contribution in [0.4, 0.5) is 4.39 Å². The Labute approximate surface area is 152 Å². The smallest absolute Gasteiger partial charge is 0.282 e. The van der Waals surface area contributed by atoms with Gasteiger partial charge in [0, 0.05) is 25.4 Å². The third-order valence-corrected chi connectivity index (χ3v) is 4.56. The molecule has 1 amide bonds. The van der Waals surface area contributed by atoms with Crippen molar-refractivity contribution in [2.45, 2.75) is 6.54 Å². The number of carbonyl (C=O) groups excluding carboxylic acids is 1. The summed E-state index contributed by atoms with van der Waals surface area (Å²) in [6, 6.07) is 5.89. The van der Waals surface area contributed by atoms with E-state index < -0.39 is 0 Å². The van der Waals surface area contributed by atoms with Crippen molar-refractivity contribution < 1.29 is 9.18 Å². The first-order valence-electron chi connectivity index (χ1n) is 7.23. The monoisotopic (exact) mass is 377 g/mol. The molecule has 0 spiro atoms. The normalized spacial score (nSPS) is 11.6. The maximum absolute atomic E-state index is 12.9. The van der Waals surface area contributed by atoms with Gasteiger partial charge in [0.05, 0.1) is 11.2 Å². The van der Waals surface area contributed by atoms with Gasteiger partial charge in [-0.05, 0) is 23.8 Å². The maximum atomic E-state index is 12.9. The van der Waals surface area contributed by atoms with E-state index in [-0.39, 0.29) is 23.3 Å². The highest BCUT2D eigenvalue weighted by Crippen LogP contribution is 2.25. The van der Waals surface area contributed by atoms with E-state index in [0.717, 1.165) is 22.5 Å². The molecule has 2 heterocycles. The first-order chi connectivity index (χ1) is 12.0. The summed E-state index contributed by atoms with van der Waals surface area (Å²) in [7, 11) is 1.81. The van der Waals surface area contributed by atoms with Crippen molar-refractivity contribution in [1.82, 2.24) is 25.3 Å². The van der Waals surface area contributed by atoms with E-state index in [1.54, 1.807) is 42.3 Å². The van der Waals surface area contributed by atoms with Crippen LogP contribution in [-0.2, 0) is 13.6 Å². The first-order valence-corrected chi connectivity index (χ1v) is 8.43. The van der Waals surface area contributed by atoms with Gasteiger partial charge in [0.25, 0.3) is 5.91 Å². The molecule has 0 saturated carbocycles. The lowest BCUT2D eigenvalue weighted by Crippen LogP contribution is -2.22. The highest BCUT2D eigenvalue weighted by molar-refractivity contribution is 7.15. The SMILES string of the molecule is Cn1cc(C=C(Cl)c2nnc(C(=O)NCc3ccc(F)cc3)s2)cn1. The number of aryl methyl sites for hydroxylation is 1. The Kier molecular flexibility index (Phi) is 5.20. The molecule has 0 fully saturated rings. The van der Waals surface area contributed by atoms with E-state index in [1.165, 1.54) is 12.1 Å². The van der Waals surface area contributed by atoms with Crippen molar-refractivity contribution in [2.75, 3.05) is 0 Å². The molecule has 9 heteroatoms. The Bertz CT molecular complexity index is 919. The Morgan fingerprint density at radius 2 is 2.04 bits per heavy atom. The number of carbonyl (C=O) groups is 1. The molecule has 0 atom stereocenters. The molecule has 3 aromatic rings. The predicted molar refractivity (Wildman–Crippen MR) is 94.4 cm³/mol. The van der Waals surface area contributed by atoms with E-state index >= 15 is 0 Å². The second kappa shape index (κ2) is 7.54. The molecule has 2 aromatic heterocycles. The van der Waals surface area contributed by atoms with Gasteiger partial charge in [-0.15, -0.1) is 10.2 Å². The van der Waals surface area contributed by atoms with Crippen molar-refractivity contribution in [3.05, 3.63) is 63.6 Å². The molecule has 0 bridgehead atoms. The van der Waals surface area contributed by atoms with Crippen molar-refractivity contribution in [1.29, 1.82) is 0 Å². The van der Waals surface area contributed by atoms with Gasteiger partial charge in [0.15, 0.2) is 5.01 Å². The standard InChI is InChI=1S/C16H13ClFN5OS/c1-23-9-11(8-20-23)6-13(17)15-21-22-16(25-15)14(24)19-7-10-2-4-12(18)5-3-10/h2-6,8-9H,7H2,1H3,(H,19,24). The Morgan fingerprint density at radius 1 is 1.32 bits per heavy atom. The van der Waals surface area contributed by atoms with Crippen LogP contribution in [0.15, 0.2) is 36.7 Å². The fraction of sp³-hybridized carbons (Fsp3) is 0.125. The zero-order valence-electron chi connectivity index (χ0n) is 13.1. The lowest BCUT2D eigenvalue weighted by Gasteiger charge is -2.02.